The minimum absolute atomic E-state index is 0.218. The van der Waals surface area contributed by atoms with Crippen molar-refractivity contribution in [3.8, 4) is 0 Å². The maximum atomic E-state index is 12.3. The molecule has 6 heteroatoms. The molecular weight excluding hydrogens is 392 g/mol. The van der Waals surface area contributed by atoms with Crippen molar-refractivity contribution in [1.82, 2.24) is 5.32 Å². The molecule has 0 aliphatic heterocycles. The standard InChI is InChI=1S/C25H24N2O4/c1-14(2)26-24(30)22(28)23(29)25(31)27-17-9-12-19-16(13-17)8-11-20-18-6-4-3-5-15(18)7-10-21(19)20/h3-14,22-23,28-29H,1-2H3,(H,26,30)(H,27,31)/t22-,23-/m1/s1. The molecule has 31 heavy (non-hydrogen) atoms. The third kappa shape index (κ3) is 4.08. The van der Waals surface area contributed by atoms with Crippen LogP contribution in [0.5, 0.6) is 0 Å². The van der Waals surface area contributed by atoms with Gasteiger partial charge in [-0.05, 0) is 58.3 Å². The molecule has 0 saturated carbocycles. The Balaban J connectivity index is 1.60. The zero-order valence-corrected chi connectivity index (χ0v) is 17.3. The molecule has 0 aromatic heterocycles. The minimum Gasteiger partial charge on any atom is -0.380 e. The molecule has 0 bridgehead atoms. The highest BCUT2D eigenvalue weighted by Gasteiger charge is 2.30. The summed E-state index contributed by atoms with van der Waals surface area (Å²) in [7, 11) is 0. The number of amides is 2. The van der Waals surface area contributed by atoms with Gasteiger partial charge in [-0.15, -0.1) is 0 Å². The second kappa shape index (κ2) is 8.34. The lowest BCUT2D eigenvalue weighted by Gasteiger charge is -2.18. The number of nitrogens with one attached hydrogen (secondary N) is 2. The predicted octanol–water partition coefficient (Wildman–Crippen LogP) is 3.33. The van der Waals surface area contributed by atoms with Crippen molar-refractivity contribution in [1.29, 1.82) is 0 Å². The molecule has 0 radical (unpaired) electrons. The van der Waals surface area contributed by atoms with Gasteiger partial charge in [-0.25, -0.2) is 0 Å². The van der Waals surface area contributed by atoms with Crippen LogP contribution in [0.4, 0.5) is 5.69 Å². The maximum Gasteiger partial charge on any atom is 0.256 e. The Morgan fingerprint density at radius 2 is 1.29 bits per heavy atom. The Bertz CT molecular complexity index is 1300. The SMILES string of the molecule is CC(C)NC(=O)[C@H](O)[C@@H](O)C(=O)Nc1ccc2c(ccc3c4ccccc4ccc23)c1. The first-order valence-electron chi connectivity index (χ1n) is 10.2. The second-order valence-electron chi connectivity index (χ2n) is 7.93. The Morgan fingerprint density at radius 1 is 0.710 bits per heavy atom. The van der Waals surface area contributed by atoms with Gasteiger partial charge in [-0.1, -0.05) is 54.6 Å². The predicted molar refractivity (Wildman–Crippen MR) is 123 cm³/mol. The molecule has 4 aromatic carbocycles. The highest BCUT2D eigenvalue weighted by Crippen LogP contribution is 2.32. The van der Waals surface area contributed by atoms with Crippen molar-refractivity contribution in [2.45, 2.75) is 32.1 Å². The molecule has 4 rings (SSSR count). The maximum absolute atomic E-state index is 12.3. The molecule has 0 aliphatic rings. The summed E-state index contributed by atoms with van der Waals surface area (Å²) in [6.45, 7) is 3.44. The van der Waals surface area contributed by atoms with Gasteiger partial charge in [0.2, 0.25) is 0 Å². The monoisotopic (exact) mass is 416 g/mol. The topological polar surface area (TPSA) is 98.7 Å². The van der Waals surface area contributed by atoms with Gasteiger partial charge >= 0.3 is 0 Å². The van der Waals surface area contributed by atoms with E-state index in [4.69, 9.17) is 0 Å². The molecule has 0 heterocycles. The van der Waals surface area contributed by atoms with Crippen LogP contribution >= 0.6 is 0 Å². The normalized spacial score (nSPS) is 13.5. The van der Waals surface area contributed by atoms with Gasteiger partial charge in [0.1, 0.15) is 0 Å². The molecule has 4 aromatic rings. The van der Waals surface area contributed by atoms with Crippen LogP contribution in [-0.4, -0.2) is 40.3 Å². The number of anilines is 1. The van der Waals surface area contributed by atoms with Gasteiger partial charge in [0.05, 0.1) is 0 Å². The highest BCUT2D eigenvalue weighted by atomic mass is 16.3. The van der Waals surface area contributed by atoms with Crippen LogP contribution in [0.1, 0.15) is 13.8 Å². The first kappa shape index (κ1) is 20.8. The van der Waals surface area contributed by atoms with Crippen LogP contribution in [-0.2, 0) is 9.59 Å². The largest absolute Gasteiger partial charge is 0.380 e. The second-order valence-corrected chi connectivity index (χ2v) is 7.93. The van der Waals surface area contributed by atoms with E-state index >= 15 is 0 Å². The van der Waals surface area contributed by atoms with E-state index in [1.807, 2.05) is 24.3 Å². The Hall–Kier alpha value is -3.48. The van der Waals surface area contributed by atoms with Gasteiger partial charge in [-0.2, -0.15) is 0 Å². The smallest absolute Gasteiger partial charge is 0.256 e. The van der Waals surface area contributed by atoms with E-state index in [1.165, 1.54) is 10.8 Å². The minimum atomic E-state index is -1.88. The molecule has 0 spiro atoms. The van der Waals surface area contributed by atoms with Gasteiger partial charge in [0.15, 0.2) is 12.2 Å². The van der Waals surface area contributed by atoms with E-state index in [9.17, 15) is 19.8 Å². The zero-order chi connectivity index (χ0) is 22.1. The Morgan fingerprint density at radius 3 is 2.00 bits per heavy atom. The summed E-state index contributed by atoms with van der Waals surface area (Å²) < 4.78 is 0. The number of carbonyl (C=O) groups excluding carboxylic acids is 2. The molecular formula is C25H24N2O4. The molecule has 2 atom stereocenters. The number of carbonyl (C=O) groups is 2. The third-order valence-electron chi connectivity index (χ3n) is 5.28. The number of hydrogen-bond acceptors (Lipinski definition) is 4. The van der Waals surface area contributed by atoms with Crippen LogP contribution in [0.25, 0.3) is 32.3 Å². The van der Waals surface area contributed by atoms with E-state index < -0.39 is 24.0 Å². The lowest BCUT2D eigenvalue weighted by atomic mass is 9.97. The van der Waals surface area contributed by atoms with Crippen molar-refractivity contribution in [2.75, 3.05) is 5.32 Å². The number of hydrogen-bond donors (Lipinski definition) is 4. The molecule has 4 N–H and O–H groups in total. The average Bonchev–Trinajstić information content (AvgIpc) is 2.76. The van der Waals surface area contributed by atoms with Crippen molar-refractivity contribution in [2.24, 2.45) is 0 Å². The first-order valence-corrected chi connectivity index (χ1v) is 10.2. The molecule has 0 saturated heterocycles. The van der Waals surface area contributed by atoms with Crippen LogP contribution in [0.3, 0.4) is 0 Å². The molecule has 158 valence electrons. The van der Waals surface area contributed by atoms with Gasteiger partial charge in [0, 0.05) is 11.7 Å². The van der Waals surface area contributed by atoms with Crippen molar-refractivity contribution in [3.63, 3.8) is 0 Å². The fourth-order valence-corrected chi connectivity index (χ4v) is 3.78. The van der Waals surface area contributed by atoms with E-state index in [0.717, 1.165) is 21.5 Å². The number of aliphatic hydroxyl groups excluding tert-OH is 2. The highest BCUT2D eigenvalue weighted by molar-refractivity contribution is 6.17. The Kier molecular flexibility index (Phi) is 5.59. The quantitative estimate of drug-likeness (QED) is 0.375. The summed E-state index contributed by atoms with van der Waals surface area (Å²) >= 11 is 0. The van der Waals surface area contributed by atoms with Crippen molar-refractivity contribution >= 4 is 49.8 Å². The van der Waals surface area contributed by atoms with Crippen molar-refractivity contribution in [3.05, 3.63) is 66.7 Å². The molecule has 2 amide bonds. The fourth-order valence-electron chi connectivity index (χ4n) is 3.78. The fraction of sp³-hybridized carbons (Fsp3) is 0.200. The van der Waals surface area contributed by atoms with Crippen LogP contribution in [0.2, 0.25) is 0 Å². The van der Waals surface area contributed by atoms with E-state index in [1.54, 1.807) is 26.0 Å². The lowest BCUT2D eigenvalue weighted by Crippen LogP contribution is -2.49. The molecule has 6 nitrogen and oxygen atoms in total. The first-order chi connectivity index (χ1) is 14.8. The summed E-state index contributed by atoms with van der Waals surface area (Å²) in [6.07, 6.45) is -3.72. The molecule has 0 fully saturated rings. The summed E-state index contributed by atoms with van der Waals surface area (Å²) in [6, 6.07) is 21.7. The summed E-state index contributed by atoms with van der Waals surface area (Å²) in [5, 5.41) is 31.6. The summed E-state index contributed by atoms with van der Waals surface area (Å²) in [5.74, 6) is -1.65. The zero-order valence-electron chi connectivity index (χ0n) is 17.3. The summed E-state index contributed by atoms with van der Waals surface area (Å²) in [5.41, 5.74) is 0.466. The van der Waals surface area contributed by atoms with E-state index in [0.29, 0.717) is 5.69 Å². The van der Waals surface area contributed by atoms with E-state index in [2.05, 4.69) is 41.0 Å². The molecule has 0 unspecified atom stereocenters. The number of fused-ring (bicyclic) bond motifs is 5. The third-order valence-corrected chi connectivity index (χ3v) is 5.28. The number of rotatable bonds is 5. The number of benzene rings is 4. The Labute approximate surface area is 179 Å². The summed E-state index contributed by atoms with van der Waals surface area (Å²) in [4.78, 5) is 24.2. The number of aliphatic hydroxyl groups is 2. The van der Waals surface area contributed by atoms with Crippen LogP contribution < -0.4 is 10.6 Å². The van der Waals surface area contributed by atoms with Gasteiger partial charge < -0.3 is 20.8 Å². The van der Waals surface area contributed by atoms with Crippen LogP contribution in [0, 0.1) is 0 Å². The van der Waals surface area contributed by atoms with Crippen molar-refractivity contribution < 1.29 is 19.8 Å². The van der Waals surface area contributed by atoms with E-state index in [-0.39, 0.29) is 6.04 Å². The van der Waals surface area contributed by atoms with Gasteiger partial charge in [0.25, 0.3) is 11.8 Å². The van der Waals surface area contributed by atoms with Gasteiger partial charge in [-0.3, -0.25) is 9.59 Å². The van der Waals surface area contributed by atoms with Crippen LogP contribution in [0.15, 0.2) is 66.7 Å². The lowest BCUT2D eigenvalue weighted by molar-refractivity contribution is -0.143. The average molecular weight is 416 g/mol. The molecule has 0 aliphatic carbocycles.